The second kappa shape index (κ2) is 3.74. The van der Waals surface area contributed by atoms with Crippen LogP contribution in [-0.2, 0) is 0 Å². The summed E-state index contributed by atoms with van der Waals surface area (Å²) in [5.41, 5.74) is 1.07. The molecule has 1 saturated heterocycles. The van der Waals surface area contributed by atoms with Crippen molar-refractivity contribution in [1.82, 2.24) is 10.6 Å². The van der Waals surface area contributed by atoms with Crippen LogP contribution in [0.15, 0.2) is 0 Å². The molecule has 2 rings (SSSR count). The van der Waals surface area contributed by atoms with Gasteiger partial charge in [-0.15, -0.1) is 0 Å². The van der Waals surface area contributed by atoms with Crippen LogP contribution in [0.5, 0.6) is 0 Å². The summed E-state index contributed by atoms with van der Waals surface area (Å²) < 4.78 is 0. The van der Waals surface area contributed by atoms with E-state index in [0.717, 1.165) is 12.0 Å². The molecule has 15 heavy (non-hydrogen) atoms. The van der Waals surface area contributed by atoms with Gasteiger partial charge in [0.1, 0.15) is 0 Å². The monoisotopic (exact) mass is 210 g/mol. The normalized spacial score (nSPS) is 38.6. The molecule has 0 aromatic rings. The molecule has 0 amide bonds. The van der Waals surface area contributed by atoms with E-state index in [4.69, 9.17) is 0 Å². The van der Waals surface area contributed by atoms with Crippen molar-refractivity contribution in [1.29, 1.82) is 0 Å². The third-order valence-electron chi connectivity index (χ3n) is 4.72. The van der Waals surface area contributed by atoms with E-state index in [-0.39, 0.29) is 0 Å². The molecule has 2 aliphatic rings. The van der Waals surface area contributed by atoms with Crippen LogP contribution in [0.2, 0.25) is 0 Å². The highest BCUT2D eigenvalue weighted by molar-refractivity contribution is 5.03. The molecule has 2 heteroatoms. The van der Waals surface area contributed by atoms with Gasteiger partial charge in [-0.05, 0) is 36.1 Å². The third-order valence-corrected chi connectivity index (χ3v) is 4.72. The molecule has 0 bridgehead atoms. The molecule has 1 heterocycles. The van der Waals surface area contributed by atoms with E-state index in [0.29, 0.717) is 10.8 Å². The predicted molar refractivity (Wildman–Crippen MR) is 64.9 cm³/mol. The maximum absolute atomic E-state index is 3.77. The molecular weight excluding hydrogens is 184 g/mol. The van der Waals surface area contributed by atoms with Gasteiger partial charge in [0, 0.05) is 19.1 Å². The Hall–Kier alpha value is -0.0800. The quantitative estimate of drug-likeness (QED) is 0.742. The van der Waals surface area contributed by atoms with E-state index in [1.807, 2.05) is 0 Å². The zero-order chi connectivity index (χ0) is 11.1. The molecule has 2 atom stereocenters. The minimum absolute atomic E-state index is 0.513. The van der Waals surface area contributed by atoms with Gasteiger partial charge in [-0.1, -0.05) is 27.7 Å². The number of rotatable bonds is 4. The van der Waals surface area contributed by atoms with Gasteiger partial charge in [-0.25, -0.2) is 0 Å². The molecule has 1 aliphatic carbocycles. The third kappa shape index (κ3) is 2.21. The summed E-state index contributed by atoms with van der Waals surface area (Å²) in [7, 11) is 0. The van der Waals surface area contributed by atoms with Crippen molar-refractivity contribution >= 4 is 0 Å². The summed E-state index contributed by atoms with van der Waals surface area (Å²) >= 11 is 0. The van der Waals surface area contributed by atoms with E-state index < -0.39 is 0 Å². The maximum atomic E-state index is 3.77. The lowest BCUT2D eigenvalue weighted by molar-refractivity contribution is 0.205. The van der Waals surface area contributed by atoms with E-state index in [1.165, 1.54) is 32.5 Å². The Kier molecular flexibility index (Phi) is 2.85. The van der Waals surface area contributed by atoms with Crippen molar-refractivity contribution in [2.75, 3.05) is 19.6 Å². The molecule has 1 aliphatic heterocycles. The van der Waals surface area contributed by atoms with E-state index in [1.54, 1.807) is 0 Å². The van der Waals surface area contributed by atoms with Gasteiger partial charge in [-0.2, -0.15) is 0 Å². The second-order valence-corrected chi connectivity index (χ2v) is 6.57. The number of hydrogen-bond acceptors (Lipinski definition) is 2. The second-order valence-electron chi connectivity index (χ2n) is 6.57. The average Bonchev–Trinajstić information content (AvgIpc) is 2.64. The zero-order valence-corrected chi connectivity index (χ0v) is 10.7. The van der Waals surface area contributed by atoms with Crippen LogP contribution in [0.4, 0.5) is 0 Å². The Morgan fingerprint density at radius 3 is 2.47 bits per heavy atom. The molecule has 0 aromatic carbocycles. The minimum Gasteiger partial charge on any atom is -0.316 e. The zero-order valence-electron chi connectivity index (χ0n) is 10.7. The SMILES string of the molecule is CC(C)C1(CNC2CC2(C)C)CCNC1. The van der Waals surface area contributed by atoms with Crippen molar-refractivity contribution in [2.45, 2.75) is 46.6 Å². The van der Waals surface area contributed by atoms with Gasteiger partial charge in [0.05, 0.1) is 0 Å². The molecule has 2 N–H and O–H groups in total. The summed E-state index contributed by atoms with van der Waals surface area (Å²) in [6.07, 6.45) is 2.69. The van der Waals surface area contributed by atoms with E-state index in [2.05, 4.69) is 38.3 Å². The maximum Gasteiger partial charge on any atom is 0.0125 e. The Morgan fingerprint density at radius 1 is 1.40 bits per heavy atom. The van der Waals surface area contributed by atoms with Crippen LogP contribution in [0, 0.1) is 16.7 Å². The lowest BCUT2D eigenvalue weighted by Gasteiger charge is -2.33. The molecule has 0 radical (unpaired) electrons. The summed E-state index contributed by atoms with van der Waals surface area (Å²) in [4.78, 5) is 0. The van der Waals surface area contributed by atoms with Crippen molar-refractivity contribution in [3.8, 4) is 0 Å². The number of hydrogen-bond donors (Lipinski definition) is 2. The molecule has 1 saturated carbocycles. The van der Waals surface area contributed by atoms with E-state index in [9.17, 15) is 0 Å². The predicted octanol–water partition coefficient (Wildman–Crippen LogP) is 2.01. The molecule has 0 spiro atoms. The lowest BCUT2D eigenvalue weighted by atomic mass is 9.76. The summed E-state index contributed by atoms with van der Waals surface area (Å²) in [5, 5.41) is 7.29. The highest BCUT2D eigenvalue weighted by Gasteiger charge is 2.47. The van der Waals surface area contributed by atoms with Crippen molar-refractivity contribution in [3.05, 3.63) is 0 Å². The first-order valence-corrected chi connectivity index (χ1v) is 6.40. The van der Waals surface area contributed by atoms with Gasteiger partial charge in [0.2, 0.25) is 0 Å². The highest BCUT2D eigenvalue weighted by Crippen LogP contribution is 2.45. The molecule has 88 valence electrons. The summed E-state index contributed by atoms with van der Waals surface area (Å²) in [6.45, 7) is 13.1. The standard InChI is InChI=1S/C13H26N2/c1-10(2)13(5-6-14-8-13)9-15-11-7-12(11,3)4/h10-11,14-15H,5-9H2,1-4H3. The summed E-state index contributed by atoms with van der Waals surface area (Å²) in [5.74, 6) is 0.780. The first-order chi connectivity index (χ1) is 6.96. The van der Waals surface area contributed by atoms with Crippen LogP contribution < -0.4 is 10.6 Å². The molecule has 2 unspecified atom stereocenters. The van der Waals surface area contributed by atoms with Gasteiger partial charge >= 0.3 is 0 Å². The number of nitrogens with one attached hydrogen (secondary N) is 2. The lowest BCUT2D eigenvalue weighted by Crippen LogP contribution is -2.41. The topological polar surface area (TPSA) is 24.1 Å². The fourth-order valence-corrected chi connectivity index (χ4v) is 2.75. The van der Waals surface area contributed by atoms with Crippen molar-refractivity contribution in [2.24, 2.45) is 16.7 Å². The molecular formula is C13H26N2. The van der Waals surface area contributed by atoms with Gasteiger partial charge in [0.15, 0.2) is 0 Å². The van der Waals surface area contributed by atoms with Gasteiger partial charge in [0.25, 0.3) is 0 Å². The van der Waals surface area contributed by atoms with Crippen LogP contribution in [0.3, 0.4) is 0 Å². The smallest absolute Gasteiger partial charge is 0.0125 e. The first kappa shape index (κ1) is 11.4. The first-order valence-electron chi connectivity index (χ1n) is 6.40. The molecule has 2 nitrogen and oxygen atoms in total. The van der Waals surface area contributed by atoms with Crippen LogP contribution in [-0.4, -0.2) is 25.7 Å². The Labute approximate surface area is 94.2 Å². The average molecular weight is 210 g/mol. The fourth-order valence-electron chi connectivity index (χ4n) is 2.75. The minimum atomic E-state index is 0.513. The van der Waals surface area contributed by atoms with Crippen LogP contribution in [0.25, 0.3) is 0 Å². The van der Waals surface area contributed by atoms with Crippen LogP contribution in [0.1, 0.15) is 40.5 Å². The summed E-state index contributed by atoms with van der Waals surface area (Å²) in [6, 6.07) is 0.772. The Morgan fingerprint density at radius 2 is 2.07 bits per heavy atom. The largest absolute Gasteiger partial charge is 0.316 e. The molecule has 0 aromatic heterocycles. The van der Waals surface area contributed by atoms with Gasteiger partial charge in [-0.3, -0.25) is 0 Å². The van der Waals surface area contributed by atoms with Crippen LogP contribution >= 0.6 is 0 Å². The fraction of sp³-hybridized carbons (Fsp3) is 1.00. The van der Waals surface area contributed by atoms with E-state index >= 15 is 0 Å². The Balaban J connectivity index is 1.86. The van der Waals surface area contributed by atoms with Crippen molar-refractivity contribution in [3.63, 3.8) is 0 Å². The highest BCUT2D eigenvalue weighted by atomic mass is 15.0. The molecule has 2 fully saturated rings. The Bertz CT molecular complexity index is 227. The van der Waals surface area contributed by atoms with Crippen molar-refractivity contribution < 1.29 is 0 Å². The van der Waals surface area contributed by atoms with Gasteiger partial charge < -0.3 is 10.6 Å².